The van der Waals surface area contributed by atoms with Gasteiger partial charge in [-0.3, -0.25) is 19.2 Å². The van der Waals surface area contributed by atoms with Gasteiger partial charge >= 0.3 is 5.97 Å². The highest BCUT2D eigenvalue weighted by Gasteiger charge is 2.62. The number of unbranched alkanes of at least 4 members (excludes halogenated alkanes) is 3. The van der Waals surface area contributed by atoms with Crippen LogP contribution < -0.4 is 21.1 Å². The summed E-state index contributed by atoms with van der Waals surface area (Å²) < 4.78 is 21.8. The Balaban J connectivity index is 0.941. The van der Waals surface area contributed by atoms with Gasteiger partial charge in [-0.1, -0.05) is 46.5 Å². The third-order valence-electron chi connectivity index (χ3n) is 14.8. The summed E-state index contributed by atoms with van der Waals surface area (Å²) in [5, 5.41) is 27.3. The lowest BCUT2D eigenvalue weighted by molar-refractivity contribution is -0.166. The summed E-state index contributed by atoms with van der Waals surface area (Å²) in [7, 11) is 1.33. The first kappa shape index (κ1) is 45.7. The van der Waals surface area contributed by atoms with Gasteiger partial charge in [-0.25, -0.2) is 0 Å². The molecule has 3 amide bonds. The zero-order valence-electron chi connectivity index (χ0n) is 35.7. The van der Waals surface area contributed by atoms with Gasteiger partial charge in [0.05, 0.1) is 44.6 Å². The molecule has 0 aromatic heterocycles. The van der Waals surface area contributed by atoms with Gasteiger partial charge in [-0.05, 0) is 124 Å². The third-order valence-corrected chi connectivity index (χ3v) is 14.8. The van der Waals surface area contributed by atoms with Crippen LogP contribution in [0, 0.1) is 40.4 Å². The van der Waals surface area contributed by atoms with E-state index in [1.165, 1.54) is 70.6 Å². The van der Waals surface area contributed by atoms with Crippen LogP contribution in [0.25, 0.3) is 0 Å². The van der Waals surface area contributed by atoms with Crippen LogP contribution in [-0.2, 0) is 28.6 Å². The molecule has 9 atom stereocenters. The number of nitrogens with two attached hydrogens (primary N) is 1. The molecule has 0 bridgehead atoms. The fourth-order valence-electron chi connectivity index (χ4n) is 11.9. The summed E-state index contributed by atoms with van der Waals surface area (Å²) in [5.74, 6) is 0.596. The van der Waals surface area contributed by atoms with E-state index in [4.69, 9.17) is 24.7 Å². The number of phenols is 1. The van der Waals surface area contributed by atoms with Crippen molar-refractivity contribution in [2.24, 2.45) is 46.2 Å². The van der Waals surface area contributed by atoms with Crippen molar-refractivity contribution in [1.82, 2.24) is 5.32 Å². The van der Waals surface area contributed by atoms with Crippen LogP contribution in [0.1, 0.15) is 141 Å². The molecule has 0 heterocycles. The van der Waals surface area contributed by atoms with Crippen LogP contribution in [0.2, 0.25) is 0 Å². The molecule has 0 saturated heterocycles. The number of carbonyl (C=O) groups excluding carboxylic acids is 4. The van der Waals surface area contributed by atoms with Gasteiger partial charge in [0.2, 0.25) is 11.8 Å². The van der Waals surface area contributed by atoms with Gasteiger partial charge in [0, 0.05) is 13.0 Å². The fraction of sp³-hybridized carbons (Fsp3) is 0.778. The number of rotatable bonds is 21. The molecule has 1 aromatic rings. The van der Waals surface area contributed by atoms with E-state index in [0.717, 1.165) is 44.4 Å². The van der Waals surface area contributed by atoms with Crippen LogP contribution in [0.4, 0.5) is 5.69 Å². The number of benzene rings is 1. The Hall–Kier alpha value is -3.42. The number of hydrogen-bond acceptors (Lipinski definition) is 10. The fourth-order valence-corrected chi connectivity index (χ4v) is 11.9. The van der Waals surface area contributed by atoms with Crippen molar-refractivity contribution in [1.29, 1.82) is 0 Å². The first-order valence-electron chi connectivity index (χ1n) is 22.0. The molecule has 0 spiro atoms. The molecule has 5 rings (SSSR count). The van der Waals surface area contributed by atoms with Crippen molar-refractivity contribution in [3.8, 4) is 11.5 Å². The Morgan fingerprint density at radius 1 is 0.897 bits per heavy atom. The molecule has 13 nitrogen and oxygen atoms in total. The van der Waals surface area contributed by atoms with Crippen LogP contribution in [0.3, 0.4) is 0 Å². The van der Waals surface area contributed by atoms with Gasteiger partial charge in [0.1, 0.15) is 24.0 Å². The van der Waals surface area contributed by atoms with Gasteiger partial charge in [0.15, 0.2) is 5.75 Å². The van der Waals surface area contributed by atoms with E-state index >= 15 is 0 Å². The molecule has 4 aliphatic rings. The second-order valence-corrected chi connectivity index (χ2v) is 18.4. The maximum atomic E-state index is 12.8. The number of amides is 3. The number of carbonyl (C=O) groups is 4. The van der Waals surface area contributed by atoms with Crippen LogP contribution in [-0.4, -0.2) is 85.7 Å². The van der Waals surface area contributed by atoms with Crippen molar-refractivity contribution < 1.29 is 48.3 Å². The minimum Gasteiger partial charge on any atom is -0.505 e. The van der Waals surface area contributed by atoms with Gasteiger partial charge in [0.25, 0.3) is 5.91 Å². The van der Waals surface area contributed by atoms with Crippen LogP contribution >= 0.6 is 0 Å². The molecule has 58 heavy (non-hydrogen) atoms. The largest absolute Gasteiger partial charge is 0.505 e. The number of fused-ring (bicyclic) bond motifs is 5. The number of anilines is 1. The summed E-state index contributed by atoms with van der Waals surface area (Å²) in [6.07, 6.45) is 15.8. The minimum absolute atomic E-state index is 0.00697. The Morgan fingerprint density at radius 2 is 1.64 bits per heavy atom. The topological polar surface area (TPSA) is 196 Å². The summed E-state index contributed by atoms with van der Waals surface area (Å²) in [6.45, 7) is 9.87. The molecular weight excluding hydrogens is 743 g/mol. The lowest BCUT2D eigenvalue weighted by Crippen LogP contribution is -2.55. The Kier molecular flexibility index (Phi) is 15.9. The highest BCUT2D eigenvalue weighted by atomic mass is 16.5. The molecular formula is C45H71N3O10. The molecule has 6 N–H and O–H groups in total. The van der Waals surface area contributed by atoms with Gasteiger partial charge in [-0.15, -0.1) is 0 Å². The van der Waals surface area contributed by atoms with Gasteiger partial charge < -0.3 is 45.5 Å². The lowest BCUT2D eigenvalue weighted by Gasteiger charge is -2.61. The molecule has 326 valence electrons. The summed E-state index contributed by atoms with van der Waals surface area (Å²) in [6, 6.07) is 2.79. The number of ether oxygens (including phenoxy) is 4. The number of nitrogens with one attached hydrogen (secondary N) is 2. The maximum Gasteiger partial charge on any atom is 0.306 e. The van der Waals surface area contributed by atoms with E-state index < -0.39 is 23.2 Å². The zero-order valence-corrected chi connectivity index (χ0v) is 35.7. The Morgan fingerprint density at radius 3 is 2.38 bits per heavy atom. The average Bonchev–Trinajstić information content (AvgIpc) is 3.55. The van der Waals surface area contributed by atoms with E-state index in [1.54, 1.807) is 0 Å². The minimum atomic E-state index is -0.901. The van der Waals surface area contributed by atoms with Crippen molar-refractivity contribution in [3.63, 3.8) is 0 Å². The number of primary amides is 1. The third kappa shape index (κ3) is 10.7. The second kappa shape index (κ2) is 20.2. The van der Waals surface area contributed by atoms with Gasteiger partial charge in [-0.2, -0.15) is 0 Å². The summed E-state index contributed by atoms with van der Waals surface area (Å²) in [4.78, 5) is 49.1. The van der Waals surface area contributed by atoms with Crippen molar-refractivity contribution in [3.05, 3.63) is 17.7 Å². The van der Waals surface area contributed by atoms with Crippen LogP contribution in [0.5, 0.6) is 11.5 Å². The number of aromatic hydroxyl groups is 1. The van der Waals surface area contributed by atoms with E-state index in [1.807, 2.05) is 0 Å². The average molecular weight is 814 g/mol. The Bertz CT molecular complexity index is 1590. The summed E-state index contributed by atoms with van der Waals surface area (Å²) >= 11 is 0. The highest BCUT2D eigenvalue weighted by Crippen LogP contribution is 2.69. The van der Waals surface area contributed by atoms with Crippen molar-refractivity contribution in [2.45, 2.75) is 142 Å². The second-order valence-electron chi connectivity index (χ2n) is 18.4. The van der Waals surface area contributed by atoms with E-state index in [9.17, 15) is 29.4 Å². The molecule has 4 aliphatic carbocycles. The zero-order chi connectivity index (χ0) is 42.1. The van der Waals surface area contributed by atoms with E-state index in [0.29, 0.717) is 23.7 Å². The number of esters is 1. The first-order chi connectivity index (χ1) is 27.6. The molecule has 1 aromatic carbocycles. The van der Waals surface area contributed by atoms with E-state index in [2.05, 4.69) is 38.3 Å². The quantitative estimate of drug-likeness (QED) is 0.0509. The first-order valence-corrected chi connectivity index (χ1v) is 22.0. The van der Waals surface area contributed by atoms with Crippen molar-refractivity contribution in [2.75, 3.05) is 45.4 Å². The number of hydrogen-bond donors (Lipinski definition) is 5. The standard InChI is InChI=1S/C45H71N3O10/c1-6-7-8-9-20-45(4,54)36-15-12-32-31-11-10-29-27-30(18-21-43(29,2)33(31)19-22-44(32,36)3)58-39(51)17-16-37(49)47-23-24-56-25-26-57-28-38(50)48-34-13-14-35(55-5)40(41(34)52)42(46)53/h13-14,29-33,36,52,54H,6-12,15-28H2,1-5H3,(H2,46,53)(H,47,49)(H,48,50). The van der Waals surface area contributed by atoms with Crippen molar-refractivity contribution >= 4 is 29.4 Å². The maximum absolute atomic E-state index is 12.8. The lowest BCUT2D eigenvalue weighted by atomic mass is 9.44. The molecule has 13 heteroatoms. The summed E-state index contributed by atoms with van der Waals surface area (Å²) in [5.41, 5.74) is 4.95. The molecule has 0 aliphatic heterocycles. The molecule has 4 fully saturated rings. The number of methoxy groups -OCH3 is 1. The SMILES string of the molecule is CCCCCCC(C)(O)C1CCC2C3CCC4CC(OC(=O)CCC(=O)NCCOCCOCC(=O)Nc5ccc(OC)c(C(N)=O)c5O)CCC4(C)C3CCC21C. The predicted molar refractivity (Wildman–Crippen MR) is 220 cm³/mol. The molecule has 0 radical (unpaired) electrons. The van der Waals surface area contributed by atoms with E-state index in [-0.39, 0.29) is 91.6 Å². The molecule has 9 unspecified atom stereocenters. The highest BCUT2D eigenvalue weighted by molar-refractivity contribution is 6.02. The normalized spacial score (nSPS) is 29.9. The number of aliphatic hydroxyl groups is 1. The monoisotopic (exact) mass is 814 g/mol. The predicted octanol–water partition coefficient (Wildman–Crippen LogP) is 6.66. The molecule has 4 saturated carbocycles. The Labute approximate surface area is 345 Å². The van der Waals surface area contributed by atoms with Crippen LogP contribution in [0.15, 0.2) is 12.1 Å². The smallest absolute Gasteiger partial charge is 0.306 e.